The SMILES string of the molecule is Cc1c(COc2cc(OCc3cncc(C#N)c3)c(CNCCO)cc2Cl)cccc1-c1cccc(COc2cc(OCc3cncc(C#N)c3)c(CNC[C@@H](O)CC(=O)O)cc2Cl)c1C. The summed E-state index contributed by atoms with van der Waals surface area (Å²) >= 11 is 13.6. The van der Waals surface area contributed by atoms with Crippen LogP contribution in [-0.2, 0) is 44.3 Å². The van der Waals surface area contributed by atoms with Crippen LogP contribution in [0.3, 0.4) is 0 Å². The van der Waals surface area contributed by atoms with Crippen LogP contribution in [0.2, 0.25) is 10.0 Å². The first-order valence-corrected chi connectivity index (χ1v) is 21.6. The third-order valence-electron chi connectivity index (χ3n) is 10.5. The van der Waals surface area contributed by atoms with E-state index in [-0.39, 0.29) is 46.1 Å². The number of hydrogen-bond acceptors (Lipinski definition) is 13. The molecule has 0 aliphatic heterocycles. The van der Waals surface area contributed by atoms with Crippen LogP contribution in [0.1, 0.15) is 62.1 Å². The van der Waals surface area contributed by atoms with Gasteiger partial charge in [0.15, 0.2) is 0 Å². The molecule has 0 fully saturated rings. The van der Waals surface area contributed by atoms with Gasteiger partial charge in [-0.25, -0.2) is 0 Å². The Balaban J connectivity index is 1.18. The molecule has 66 heavy (non-hydrogen) atoms. The molecule has 0 bridgehead atoms. The maximum atomic E-state index is 11.0. The molecule has 6 aromatic rings. The third kappa shape index (κ3) is 13.4. The van der Waals surface area contributed by atoms with Gasteiger partial charge >= 0.3 is 5.97 Å². The van der Waals surface area contributed by atoms with Crippen LogP contribution in [0.25, 0.3) is 11.1 Å². The van der Waals surface area contributed by atoms with Gasteiger partial charge in [0, 0.05) is 85.4 Å². The zero-order valence-corrected chi connectivity index (χ0v) is 37.8. The van der Waals surface area contributed by atoms with Crippen molar-refractivity contribution < 1.29 is 39.1 Å². The van der Waals surface area contributed by atoms with Gasteiger partial charge < -0.3 is 44.9 Å². The summed E-state index contributed by atoms with van der Waals surface area (Å²) in [6.45, 7) is 5.75. The first kappa shape index (κ1) is 48.7. The number of aliphatic hydroxyl groups excluding tert-OH is 2. The molecule has 2 aromatic heterocycles. The molecule has 1 atom stereocenters. The van der Waals surface area contributed by atoms with Gasteiger partial charge in [0.1, 0.15) is 61.6 Å². The Kier molecular flexibility index (Phi) is 17.7. The van der Waals surface area contributed by atoms with E-state index in [9.17, 15) is 25.5 Å². The van der Waals surface area contributed by atoms with Crippen LogP contribution >= 0.6 is 23.2 Å². The van der Waals surface area contributed by atoms with Crippen LogP contribution in [0.15, 0.2) is 97.6 Å². The number of pyridine rings is 2. The Morgan fingerprint density at radius 1 is 0.667 bits per heavy atom. The molecule has 0 amide bonds. The number of nitriles is 2. The predicted octanol–water partition coefficient (Wildman–Crippen LogP) is 8.13. The Labute approximate surface area is 392 Å². The van der Waals surface area contributed by atoms with Crippen LogP contribution in [0.4, 0.5) is 0 Å². The molecule has 2 heterocycles. The fourth-order valence-electron chi connectivity index (χ4n) is 7.02. The van der Waals surface area contributed by atoms with Crippen LogP contribution < -0.4 is 29.6 Å². The number of hydrogen-bond donors (Lipinski definition) is 5. The van der Waals surface area contributed by atoms with Crippen molar-refractivity contribution in [3.63, 3.8) is 0 Å². The van der Waals surface area contributed by atoms with Crippen molar-refractivity contribution in [2.45, 2.75) is 65.9 Å². The number of carbonyl (C=O) groups is 1. The molecule has 6 rings (SSSR count). The Hall–Kier alpha value is -6.75. The fraction of sp³-hybridized carbons (Fsp3) is 0.260. The molecule has 0 unspecified atom stereocenters. The Morgan fingerprint density at radius 3 is 1.59 bits per heavy atom. The number of carboxylic acids is 1. The maximum Gasteiger partial charge on any atom is 0.306 e. The van der Waals surface area contributed by atoms with Crippen LogP contribution in [0.5, 0.6) is 23.0 Å². The summed E-state index contributed by atoms with van der Waals surface area (Å²) < 4.78 is 25.1. The van der Waals surface area contributed by atoms with Gasteiger partial charge in [-0.3, -0.25) is 14.8 Å². The van der Waals surface area contributed by atoms with Gasteiger partial charge in [-0.15, -0.1) is 0 Å². The molecule has 14 nitrogen and oxygen atoms in total. The quantitative estimate of drug-likeness (QED) is 0.0384. The summed E-state index contributed by atoms with van der Waals surface area (Å²) in [6, 6.07) is 26.6. The zero-order chi connectivity index (χ0) is 47.0. The van der Waals surface area contributed by atoms with Crippen molar-refractivity contribution in [3.05, 3.63) is 163 Å². The van der Waals surface area contributed by atoms with E-state index >= 15 is 0 Å². The van der Waals surface area contributed by atoms with Gasteiger partial charge in [0.25, 0.3) is 0 Å². The van der Waals surface area contributed by atoms with Crippen molar-refractivity contribution in [1.29, 1.82) is 10.5 Å². The largest absolute Gasteiger partial charge is 0.488 e. The van der Waals surface area contributed by atoms with Gasteiger partial charge in [0.2, 0.25) is 0 Å². The molecule has 4 aromatic carbocycles. The number of aliphatic hydroxyl groups is 2. The average Bonchev–Trinajstić information content (AvgIpc) is 3.31. The molecule has 0 aliphatic carbocycles. The van der Waals surface area contributed by atoms with E-state index in [1.807, 2.05) is 38.1 Å². The smallest absolute Gasteiger partial charge is 0.306 e. The van der Waals surface area contributed by atoms with Crippen molar-refractivity contribution in [2.24, 2.45) is 0 Å². The Morgan fingerprint density at radius 2 is 1.14 bits per heavy atom. The third-order valence-corrected chi connectivity index (χ3v) is 11.1. The molecule has 0 aliphatic rings. The lowest BCUT2D eigenvalue weighted by molar-refractivity contribution is -0.139. The van der Waals surface area contributed by atoms with E-state index in [1.54, 1.807) is 48.8 Å². The van der Waals surface area contributed by atoms with Gasteiger partial charge in [-0.1, -0.05) is 59.6 Å². The highest BCUT2D eigenvalue weighted by molar-refractivity contribution is 6.32. The number of ether oxygens (including phenoxy) is 4. The lowest BCUT2D eigenvalue weighted by Gasteiger charge is -2.19. The molecule has 0 radical (unpaired) electrons. The highest BCUT2D eigenvalue weighted by Gasteiger charge is 2.18. The lowest BCUT2D eigenvalue weighted by atomic mass is 9.92. The summed E-state index contributed by atoms with van der Waals surface area (Å²) in [7, 11) is 0. The van der Waals surface area contributed by atoms with E-state index in [0.29, 0.717) is 68.4 Å². The van der Waals surface area contributed by atoms with Gasteiger partial charge in [-0.05, 0) is 71.5 Å². The number of carboxylic acid groups (broad SMARTS) is 1. The summed E-state index contributed by atoms with van der Waals surface area (Å²) in [5.74, 6) is 0.668. The minimum Gasteiger partial charge on any atom is -0.488 e. The second kappa shape index (κ2) is 24.0. The molecule has 0 saturated heterocycles. The van der Waals surface area contributed by atoms with E-state index in [1.165, 1.54) is 12.4 Å². The molecule has 340 valence electrons. The molecule has 0 spiro atoms. The van der Waals surface area contributed by atoms with Crippen molar-refractivity contribution in [1.82, 2.24) is 20.6 Å². The van der Waals surface area contributed by atoms with Crippen molar-refractivity contribution >= 4 is 29.2 Å². The number of halogens is 2. The van der Waals surface area contributed by atoms with Gasteiger partial charge in [-0.2, -0.15) is 10.5 Å². The zero-order valence-electron chi connectivity index (χ0n) is 36.3. The van der Waals surface area contributed by atoms with Crippen LogP contribution in [-0.4, -0.2) is 57.1 Å². The number of aromatic nitrogens is 2. The normalized spacial score (nSPS) is 11.3. The second-order valence-electron chi connectivity index (χ2n) is 15.3. The summed E-state index contributed by atoms with van der Waals surface area (Å²) in [5.41, 5.74) is 9.55. The maximum absolute atomic E-state index is 11.0. The number of nitrogens with zero attached hydrogens (tertiary/aromatic N) is 4. The Bertz CT molecular complexity index is 2740. The minimum absolute atomic E-state index is 0.0244. The first-order chi connectivity index (χ1) is 32.0. The molecule has 16 heteroatoms. The summed E-state index contributed by atoms with van der Waals surface area (Å²) in [5, 5.41) is 54.0. The second-order valence-corrected chi connectivity index (χ2v) is 16.1. The average molecular weight is 932 g/mol. The van der Waals surface area contributed by atoms with Gasteiger partial charge in [0.05, 0.1) is 40.3 Å². The topological polar surface area (TPSA) is 212 Å². The number of benzene rings is 4. The lowest BCUT2D eigenvalue weighted by Crippen LogP contribution is -2.28. The summed E-state index contributed by atoms with van der Waals surface area (Å²) in [6.07, 6.45) is 4.72. The number of nitrogens with one attached hydrogen (secondary N) is 2. The predicted molar refractivity (Wildman–Crippen MR) is 248 cm³/mol. The molecular weight excluding hydrogens is 883 g/mol. The minimum atomic E-state index is -1.10. The number of aliphatic carboxylic acids is 1. The highest BCUT2D eigenvalue weighted by atomic mass is 35.5. The van der Waals surface area contributed by atoms with Crippen molar-refractivity contribution in [2.75, 3.05) is 19.7 Å². The standard InChI is InChI=1S/C50H48Cl2N6O8/c1-31-37(29-65-48-16-46(39(13-44(48)51)24-55-9-10-59)63-27-35-11-33(18-53)20-56-22-35)5-3-7-42(31)43-8-4-6-38(32(43)2)30-66-49-17-47(64-28-36-12-34(19-54)21-57-23-36)40(14-45(49)52)25-58-26-41(60)15-50(61)62/h3-8,11-14,16-17,20-23,41,55,58-60H,9-10,15,24-30H2,1-2H3,(H,61,62)/t41-/m0/s1. The fourth-order valence-corrected chi connectivity index (χ4v) is 7.50. The first-order valence-electron chi connectivity index (χ1n) is 20.9. The molecule has 5 N–H and O–H groups in total. The van der Waals surface area contributed by atoms with Crippen LogP contribution in [0, 0.1) is 36.5 Å². The monoisotopic (exact) mass is 930 g/mol. The highest BCUT2D eigenvalue weighted by Crippen LogP contribution is 2.37. The van der Waals surface area contributed by atoms with E-state index in [4.69, 9.17) is 47.3 Å². The van der Waals surface area contributed by atoms with E-state index < -0.39 is 18.5 Å². The van der Waals surface area contributed by atoms with E-state index in [0.717, 1.165) is 44.5 Å². The molecular formula is C50H48Cl2N6O8. The van der Waals surface area contributed by atoms with Crippen molar-refractivity contribution in [3.8, 4) is 46.3 Å². The van der Waals surface area contributed by atoms with E-state index in [2.05, 4.69) is 44.9 Å². The number of rotatable bonds is 23. The molecule has 0 saturated carbocycles. The summed E-state index contributed by atoms with van der Waals surface area (Å²) in [4.78, 5) is 19.3.